The van der Waals surface area contributed by atoms with Crippen LogP contribution in [0.2, 0.25) is 0 Å². The molecule has 7 heteroatoms. The third-order valence-electron chi connectivity index (χ3n) is 9.58. The molecule has 3 saturated carbocycles. The largest absolute Gasteiger partial charge is 0.458 e. The van der Waals surface area contributed by atoms with Gasteiger partial charge in [-0.2, -0.15) is 0 Å². The van der Waals surface area contributed by atoms with E-state index in [9.17, 15) is 19.5 Å². The summed E-state index contributed by atoms with van der Waals surface area (Å²) >= 11 is 0. The van der Waals surface area contributed by atoms with Crippen molar-refractivity contribution in [2.45, 2.75) is 76.9 Å². The number of esters is 1. The van der Waals surface area contributed by atoms with Gasteiger partial charge < -0.3 is 14.6 Å². The molecule has 1 aliphatic heterocycles. The van der Waals surface area contributed by atoms with Gasteiger partial charge in [0.25, 0.3) is 0 Å². The van der Waals surface area contributed by atoms with Crippen molar-refractivity contribution in [3.8, 4) is 0 Å². The molecule has 0 aromatic carbocycles. The molecule has 0 radical (unpaired) electrons. The first kappa shape index (κ1) is 22.0. The van der Waals surface area contributed by atoms with Crippen LogP contribution in [0.3, 0.4) is 0 Å². The first-order chi connectivity index (χ1) is 15.0. The zero-order chi connectivity index (χ0) is 23.3. The fraction of sp³-hybridized carbons (Fsp3) is 0.720. The summed E-state index contributed by atoms with van der Waals surface area (Å²) in [4.78, 5) is 36.8. The van der Waals surface area contributed by atoms with E-state index < -0.39 is 46.6 Å². The Morgan fingerprint density at radius 1 is 1.28 bits per heavy atom. The van der Waals surface area contributed by atoms with Crippen molar-refractivity contribution in [2.75, 3.05) is 6.61 Å². The van der Waals surface area contributed by atoms with Gasteiger partial charge in [-0.25, -0.2) is 4.39 Å². The zero-order valence-corrected chi connectivity index (χ0v) is 19.0. The van der Waals surface area contributed by atoms with Crippen LogP contribution in [0.1, 0.15) is 53.4 Å². The van der Waals surface area contributed by atoms with Gasteiger partial charge in [0.05, 0.1) is 6.10 Å². The number of allylic oxidation sites excluding steroid dienone is 2. The Kier molecular flexibility index (Phi) is 4.53. The zero-order valence-electron chi connectivity index (χ0n) is 19.0. The fourth-order valence-corrected chi connectivity index (χ4v) is 7.93. The van der Waals surface area contributed by atoms with Crippen LogP contribution >= 0.6 is 0 Å². The molecule has 32 heavy (non-hydrogen) atoms. The first-order valence-electron chi connectivity index (χ1n) is 11.6. The number of hydrogen-bond donors (Lipinski definition) is 1. The molecule has 5 rings (SSSR count). The molecule has 4 aliphatic carbocycles. The molecular weight excluding hydrogens is 415 g/mol. The van der Waals surface area contributed by atoms with Gasteiger partial charge in [0.2, 0.25) is 5.78 Å². The summed E-state index contributed by atoms with van der Waals surface area (Å²) < 4.78 is 26.9. The number of ether oxygens (including phenoxy) is 2. The number of rotatable bonds is 4. The van der Waals surface area contributed by atoms with Gasteiger partial charge in [0.1, 0.15) is 17.4 Å². The minimum atomic E-state index is -1.68. The molecule has 0 amide bonds. The molecule has 0 bridgehead atoms. The van der Waals surface area contributed by atoms with E-state index in [-0.39, 0.29) is 42.5 Å². The second-order valence-electron chi connectivity index (χ2n) is 10.8. The van der Waals surface area contributed by atoms with Crippen molar-refractivity contribution in [3.05, 3.63) is 23.8 Å². The number of aliphatic hydroxyl groups is 1. The number of halogens is 1. The second kappa shape index (κ2) is 6.60. The number of epoxide rings is 1. The molecule has 6 nitrogen and oxygen atoms in total. The number of carbonyl (C=O) groups is 3. The maximum atomic E-state index is 15.5. The first-order valence-corrected chi connectivity index (χ1v) is 11.6. The molecule has 0 aromatic rings. The minimum absolute atomic E-state index is 0.130. The molecule has 1 unspecified atom stereocenters. The lowest BCUT2D eigenvalue weighted by atomic mass is 9.46. The number of alkyl halides is 1. The molecule has 1 N–H and O–H groups in total. The van der Waals surface area contributed by atoms with E-state index in [0.29, 0.717) is 18.4 Å². The predicted octanol–water partition coefficient (Wildman–Crippen LogP) is 2.87. The highest BCUT2D eigenvalue weighted by molar-refractivity contribution is 6.01. The van der Waals surface area contributed by atoms with Gasteiger partial charge in [-0.3, -0.25) is 14.4 Å². The quantitative estimate of drug-likeness (QED) is 0.527. The standard InChI is InChI=1S/C25H31FO6/c1-5-21(29)31-12-19(28)24(30)13(2)8-15-16-10-18(26)17-9-14(27)6-7-22(17,3)25(16)20(32-25)11-23(15,24)4/h6-7,9,13,15-16,18,20,30H,5,8,10-12H2,1-4H3/t13-,15+,16+,18?,20+,22+,23+,24+,25-/m1/s1. The van der Waals surface area contributed by atoms with Gasteiger partial charge >= 0.3 is 5.97 Å². The maximum absolute atomic E-state index is 15.5. The van der Waals surface area contributed by atoms with Crippen molar-refractivity contribution < 1.29 is 33.4 Å². The molecule has 4 fully saturated rings. The Bertz CT molecular complexity index is 971. The molecule has 174 valence electrons. The predicted molar refractivity (Wildman–Crippen MR) is 112 cm³/mol. The van der Waals surface area contributed by atoms with Crippen LogP contribution in [0, 0.1) is 28.6 Å². The highest BCUT2D eigenvalue weighted by Gasteiger charge is 2.82. The number of ketones is 2. The third-order valence-corrected chi connectivity index (χ3v) is 9.58. The number of hydrogen-bond acceptors (Lipinski definition) is 6. The lowest BCUT2D eigenvalue weighted by Gasteiger charge is -2.56. The summed E-state index contributed by atoms with van der Waals surface area (Å²) in [6, 6.07) is 0. The van der Waals surface area contributed by atoms with Crippen molar-refractivity contribution in [2.24, 2.45) is 28.6 Å². The van der Waals surface area contributed by atoms with E-state index in [2.05, 4.69) is 0 Å². The van der Waals surface area contributed by atoms with Crippen LogP contribution in [0.25, 0.3) is 0 Å². The Morgan fingerprint density at radius 2 is 2.00 bits per heavy atom. The smallest absolute Gasteiger partial charge is 0.305 e. The molecule has 1 heterocycles. The summed E-state index contributed by atoms with van der Waals surface area (Å²) in [5.74, 6) is -1.86. The highest BCUT2D eigenvalue weighted by atomic mass is 19.1. The van der Waals surface area contributed by atoms with E-state index in [1.54, 1.807) is 13.0 Å². The van der Waals surface area contributed by atoms with Crippen molar-refractivity contribution in [1.82, 2.24) is 0 Å². The van der Waals surface area contributed by atoms with Gasteiger partial charge in [-0.05, 0) is 61.7 Å². The summed E-state index contributed by atoms with van der Waals surface area (Å²) in [5.41, 5.74) is -3.35. The van der Waals surface area contributed by atoms with Crippen molar-refractivity contribution in [3.63, 3.8) is 0 Å². The molecular formula is C25H31FO6. The topological polar surface area (TPSA) is 93.2 Å². The van der Waals surface area contributed by atoms with E-state index in [1.165, 1.54) is 12.2 Å². The third kappa shape index (κ3) is 2.39. The summed E-state index contributed by atoms with van der Waals surface area (Å²) in [6.45, 7) is 6.90. The van der Waals surface area contributed by atoms with Crippen LogP contribution < -0.4 is 0 Å². The molecule has 5 aliphatic rings. The van der Waals surface area contributed by atoms with E-state index in [1.807, 2.05) is 20.8 Å². The minimum Gasteiger partial charge on any atom is -0.458 e. The van der Waals surface area contributed by atoms with Crippen LogP contribution in [-0.4, -0.2) is 52.7 Å². The Labute approximate surface area is 187 Å². The Balaban J connectivity index is 1.52. The van der Waals surface area contributed by atoms with Crippen molar-refractivity contribution in [1.29, 1.82) is 0 Å². The summed E-state index contributed by atoms with van der Waals surface area (Å²) in [6.07, 6.45) is 4.59. The van der Waals surface area contributed by atoms with Crippen LogP contribution in [0.4, 0.5) is 4.39 Å². The Morgan fingerprint density at radius 3 is 2.69 bits per heavy atom. The maximum Gasteiger partial charge on any atom is 0.305 e. The van der Waals surface area contributed by atoms with E-state index in [0.717, 1.165) is 0 Å². The summed E-state index contributed by atoms with van der Waals surface area (Å²) in [7, 11) is 0. The monoisotopic (exact) mass is 446 g/mol. The molecule has 9 atom stereocenters. The lowest BCUT2D eigenvalue weighted by molar-refractivity contribution is -0.171. The summed E-state index contributed by atoms with van der Waals surface area (Å²) in [5, 5.41) is 11.8. The van der Waals surface area contributed by atoms with Crippen LogP contribution in [0.5, 0.6) is 0 Å². The van der Waals surface area contributed by atoms with E-state index in [4.69, 9.17) is 9.47 Å². The van der Waals surface area contributed by atoms with Crippen molar-refractivity contribution >= 4 is 17.5 Å². The average Bonchev–Trinajstić information content (AvgIpc) is 3.44. The van der Waals surface area contributed by atoms with E-state index >= 15 is 4.39 Å². The van der Waals surface area contributed by atoms with Gasteiger partial charge in [-0.1, -0.05) is 26.8 Å². The second-order valence-corrected chi connectivity index (χ2v) is 10.8. The number of Topliss-reactive ketones (excluding diaryl/α,β-unsaturated/α-hetero) is 1. The average molecular weight is 447 g/mol. The normalized spacial score (nSPS) is 50.5. The highest BCUT2D eigenvalue weighted by Crippen LogP contribution is 2.76. The van der Waals surface area contributed by atoms with Crippen LogP contribution in [-0.2, 0) is 23.9 Å². The van der Waals surface area contributed by atoms with Gasteiger partial charge in [0.15, 0.2) is 12.4 Å². The van der Waals surface area contributed by atoms with Gasteiger partial charge in [0, 0.05) is 17.3 Å². The molecule has 1 spiro atoms. The molecule has 0 aromatic heterocycles. The van der Waals surface area contributed by atoms with Crippen LogP contribution in [0.15, 0.2) is 23.8 Å². The number of carbonyl (C=O) groups excluding carboxylic acids is 3. The number of fused-ring (bicyclic) bond motifs is 3. The molecule has 1 saturated heterocycles. The Hall–Kier alpha value is -1.86. The fourth-order valence-electron chi connectivity index (χ4n) is 7.93. The SMILES string of the molecule is CCC(=O)OCC(=O)[C@@]1(O)[C@H](C)C[C@H]2[C@@H]3CC(F)C4=CC(=O)C=C[C@]4(C)[C@@]34O[C@H]4C[C@@]21C. The van der Waals surface area contributed by atoms with Gasteiger partial charge in [-0.15, -0.1) is 0 Å². The lowest BCUT2D eigenvalue weighted by Crippen LogP contribution is -2.63.